The summed E-state index contributed by atoms with van der Waals surface area (Å²) in [7, 11) is 0. The van der Waals surface area contributed by atoms with Crippen LogP contribution in [-0.2, 0) is 32.3 Å². The summed E-state index contributed by atoms with van der Waals surface area (Å²) in [4.78, 5) is 37.4. The molecule has 3 N–H and O–H groups in total. The molecule has 8 heteroatoms. The SMILES string of the molecule is CC(C)[C@H](NC(=O)[C@H](NC(=O)OCc1ccccc1)[C@H](C)O)C(=O)OCc1ccccc1. The average Bonchev–Trinajstić information content (AvgIpc) is 2.78. The van der Waals surface area contributed by atoms with Crippen LogP contribution in [0.25, 0.3) is 0 Å². The second-order valence-electron chi connectivity index (χ2n) is 7.75. The van der Waals surface area contributed by atoms with E-state index in [1.54, 1.807) is 26.0 Å². The number of rotatable bonds is 10. The predicted octanol–water partition coefficient (Wildman–Crippen LogP) is 2.55. The van der Waals surface area contributed by atoms with E-state index < -0.39 is 36.2 Å². The minimum Gasteiger partial charge on any atom is -0.459 e. The Balaban J connectivity index is 1.94. The smallest absolute Gasteiger partial charge is 0.408 e. The summed E-state index contributed by atoms with van der Waals surface area (Å²) in [6.07, 6.45) is -2.07. The van der Waals surface area contributed by atoms with Crippen molar-refractivity contribution >= 4 is 18.0 Å². The van der Waals surface area contributed by atoms with Crippen molar-refractivity contribution in [2.24, 2.45) is 5.92 Å². The van der Waals surface area contributed by atoms with E-state index >= 15 is 0 Å². The van der Waals surface area contributed by atoms with Gasteiger partial charge in [0.05, 0.1) is 6.10 Å². The first-order chi connectivity index (χ1) is 15.3. The minimum absolute atomic E-state index is 0.0151. The number of nitrogens with one attached hydrogen (secondary N) is 2. The first kappa shape index (κ1) is 24.9. The molecule has 0 aliphatic heterocycles. The Morgan fingerprint density at radius 1 is 0.781 bits per heavy atom. The molecule has 32 heavy (non-hydrogen) atoms. The lowest BCUT2D eigenvalue weighted by atomic mass is 10.0. The molecule has 0 saturated heterocycles. The zero-order valence-corrected chi connectivity index (χ0v) is 18.5. The number of esters is 1. The Morgan fingerprint density at radius 3 is 1.75 bits per heavy atom. The van der Waals surface area contributed by atoms with Gasteiger partial charge in [-0.2, -0.15) is 0 Å². The van der Waals surface area contributed by atoms with Crippen molar-refractivity contribution in [3.05, 3.63) is 71.8 Å². The van der Waals surface area contributed by atoms with Gasteiger partial charge >= 0.3 is 12.1 Å². The summed E-state index contributed by atoms with van der Waals surface area (Å²) in [6, 6.07) is 16.0. The largest absolute Gasteiger partial charge is 0.459 e. The van der Waals surface area contributed by atoms with Gasteiger partial charge < -0.3 is 25.2 Å². The monoisotopic (exact) mass is 442 g/mol. The maximum Gasteiger partial charge on any atom is 0.408 e. The number of ether oxygens (including phenoxy) is 2. The van der Waals surface area contributed by atoms with Crippen LogP contribution in [-0.4, -0.2) is 41.3 Å². The highest BCUT2D eigenvalue weighted by atomic mass is 16.5. The zero-order chi connectivity index (χ0) is 23.5. The van der Waals surface area contributed by atoms with Crippen LogP contribution in [0.5, 0.6) is 0 Å². The highest BCUT2D eigenvalue weighted by molar-refractivity contribution is 5.90. The third-order valence-electron chi connectivity index (χ3n) is 4.69. The van der Waals surface area contributed by atoms with Crippen LogP contribution < -0.4 is 10.6 Å². The molecule has 2 aromatic carbocycles. The maximum absolute atomic E-state index is 12.7. The van der Waals surface area contributed by atoms with E-state index in [1.807, 2.05) is 48.5 Å². The van der Waals surface area contributed by atoms with Crippen LogP contribution in [0.3, 0.4) is 0 Å². The van der Waals surface area contributed by atoms with Gasteiger partial charge in [-0.05, 0) is 24.0 Å². The molecule has 0 aliphatic carbocycles. The fourth-order valence-electron chi connectivity index (χ4n) is 2.86. The lowest BCUT2D eigenvalue weighted by Gasteiger charge is -2.25. The molecule has 2 rings (SSSR count). The fourth-order valence-corrected chi connectivity index (χ4v) is 2.86. The molecule has 2 amide bonds. The molecular weight excluding hydrogens is 412 g/mol. The molecule has 0 aromatic heterocycles. The number of alkyl carbamates (subject to hydrolysis) is 1. The Hall–Kier alpha value is -3.39. The highest BCUT2D eigenvalue weighted by Gasteiger charge is 2.32. The van der Waals surface area contributed by atoms with Crippen LogP contribution in [0.1, 0.15) is 31.9 Å². The summed E-state index contributed by atoms with van der Waals surface area (Å²) >= 11 is 0. The summed E-state index contributed by atoms with van der Waals surface area (Å²) in [5.74, 6) is -1.60. The van der Waals surface area contributed by atoms with Crippen LogP contribution in [0.15, 0.2) is 60.7 Å². The van der Waals surface area contributed by atoms with Crippen LogP contribution in [0.2, 0.25) is 0 Å². The van der Waals surface area contributed by atoms with E-state index in [0.717, 1.165) is 11.1 Å². The van der Waals surface area contributed by atoms with E-state index in [4.69, 9.17) is 9.47 Å². The van der Waals surface area contributed by atoms with Gasteiger partial charge in [0.15, 0.2) is 0 Å². The standard InChI is InChI=1S/C24H30N2O6/c1-16(2)20(23(29)31-14-18-10-6-4-7-11-18)25-22(28)21(17(3)27)26-24(30)32-15-19-12-8-5-9-13-19/h4-13,16-17,20-21,27H,14-15H2,1-3H3,(H,25,28)(H,26,30)/t17-,20-,21+/m0/s1. The molecule has 0 bridgehead atoms. The topological polar surface area (TPSA) is 114 Å². The van der Waals surface area contributed by atoms with Crippen LogP contribution in [0.4, 0.5) is 4.79 Å². The van der Waals surface area contributed by atoms with Gasteiger partial charge in [-0.1, -0.05) is 74.5 Å². The van der Waals surface area contributed by atoms with Crippen molar-refractivity contribution in [1.29, 1.82) is 0 Å². The molecule has 8 nitrogen and oxygen atoms in total. The molecule has 0 spiro atoms. The molecular formula is C24H30N2O6. The number of benzene rings is 2. The van der Waals surface area contributed by atoms with Crippen molar-refractivity contribution in [2.75, 3.05) is 0 Å². The molecule has 2 aromatic rings. The second kappa shape index (κ2) is 12.5. The average molecular weight is 443 g/mol. The number of carbonyl (C=O) groups excluding carboxylic acids is 3. The lowest BCUT2D eigenvalue weighted by Crippen LogP contribution is -2.57. The van der Waals surface area contributed by atoms with Crippen LogP contribution >= 0.6 is 0 Å². The summed E-state index contributed by atoms with van der Waals surface area (Å²) in [6.45, 7) is 4.96. The van der Waals surface area contributed by atoms with E-state index in [-0.39, 0.29) is 19.1 Å². The third kappa shape index (κ3) is 8.03. The molecule has 0 saturated carbocycles. The predicted molar refractivity (Wildman–Crippen MR) is 118 cm³/mol. The van der Waals surface area contributed by atoms with Gasteiger partial charge in [-0.25, -0.2) is 9.59 Å². The number of hydrogen-bond donors (Lipinski definition) is 3. The van der Waals surface area contributed by atoms with Gasteiger partial charge in [0, 0.05) is 0 Å². The molecule has 0 fully saturated rings. The van der Waals surface area contributed by atoms with E-state index in [9.17, 15) is 19.5 Å². The van der Waals surface area contributed by atoms with E-state index in [1.165, 1.54) is 6.92 Å². The molecule has 0 aliphatic rings. The Morgan fingerprint density at radius 2 is 1.28 bits per heavy atom. The summed E-state index contributed by atoms with van der Waals surface area (Å²) in [5.41, 5.74) is 1.60. The highest BCUT2D eigenvalue weighted by Crippen LogP contribution is 2.09. The molecule has 0 heterocycles. The van der Waals surface area contributed by atoms with Crippen molar-refractivity contribution in [3.63, 3.8) is 0 Å². The van der Waals surface area contributed by atoms with Crippen LogP contribution in [0, 0.1) is 5.92 Å². The number of aliphatic hydroxyl groups is 1. The van der Waals surface area contributed by atoms with Gasteiger partial charge in [0.2, 0.25) is 5.91 Å². The van der Waals surface area contributed by atoms with Gasteiger partial charge in [0.25, 0.3) is 0 Å². The fraction of sp³-hybridized carbons (Fsp3) is 0.375. The number of aliphatic hydroxyl groups excluding tert-OH is 1. The minimum atomic E-state index is -1.30. The number of hydrogen-bond acceptors (Lipinski definition) is 6. The van der Waals surface area contributed by atoms with E-state index in [2.05, 4.69) is 10.6 Å². The van der Waals surface area contributed by atoms with Gasteiger partial charge in [0.1, 0.15) is 25.3 Å². The third-order valence-corrected chi connectivity index (χ3v) is 4.69. The lowest BCUT2D eigenvalue weighted by molar-refractivity contribution is -0.151. The Labute approximate surface area is 187 Å². The Bertz CT molecular complexity index is 871. The zero-order valence-electron chi connectivity index (χ0n) is 18.5. The first-order valence-electron chi connectivity index (χ1n) is 10.4. The Kier molecular flexibility index (Phi) is 9.69. The van der Waals surface area contributed by atoms with Gasteiger partial charge in [-0.3, -0.25) is 4.79 Å². The summed E-state index contributed by atoms with van der Waals surface area (Å²) < 4.78 is 10.4. The maximum atomic E-state index is 12.7. The number of carbonyl (C=O) groups is 3. The van der Waals surface area contributed by atoms with Crippen molar-refractivity contribution in [2.45, 2.75) is 52.2 Å². The molecule has 3 atom stereocenters. The van der Waals surface area contributed by atoms with Gasteiger partial charge in [-0.15, -0.1) is 0 Å². The second-order valence-corrected chi connectivity index (χ2v) is 7.75. The number of amides is 2. The quantitative estimate of drug-likeness (QED) is 0.487. The van der Waals surface area contributed by atoms with Crippen molar-refractivity contribution in [1.82, 2.24) is 10.6 Å². The molecule has 0 unspecified atom stereocenters. The van der Waals surface area contributed by atoms with Crippen molar-refractivity contribution in [3.8, 4) is 0 Å². The van der Waals surface area contributed by atoms with E-state index in [0.29, 0.717) is 0 Å². The van der Waals surface area contributed by atoms with Crippen molar-refractivity contribution < 1.29 is 29.0 Å². The first-order valence-corrected chi connectivity index (χ1v) is 10.4. The molecule has 0 radical (unpaired) electrons. The summed E-state index contributed by atoms with van der Waals surface area (Å²) in [5, 5.41) is 14.9. The molecule has 172 valence electrons. The normalized spacial score (nSPS) is 13.5.